The van der Waals surface area contributed by atoms with Crippen LogP contribution in [-0.2, 0) is 11.4 Å². The molecule has 0 bridgehead atoms. The van der Waals surface area contributed by atoms with Crippen molar-refractivity contribution in [2.24, 2.45) is 5.41 Å². The van der Waals surface area contributed by atoms with Crippen LogP contribution in [0.25, 0.3) is 0 Å². The summed E-state index contributed by atoms with van der Waals surface area (Å²) in [6.45, 7) is 9.30. The smallest absolute Gasteiger partial charge is 0.408 e. The number of hydrogen-bond donors (Lipinski definition) is 1. The van der Waals surface area contributed by atoms with Gasteiger partial charge in [0.1, 0.15) is 4.75 Å². The molecule has 98 valence electrons. The molecule has 0 spiro atoms. The molecule has 0 amide bonds. The first kappa shape index (κ1) is 16.1. The molecule has 1 N–H and O–H groups in total. The molecule has 0 saturated carbocycles. The van der Waals surface area contributed by atoms with Crippen LogP contribution in [0.2, 0.25) is 0 Å². The van der Waals surface area contributed by atoms with Crippen LogP contribution >= 0.6 is 0 Å². The van der Waals surface area contributed by atoms with Gasteiger partial charge in [-0.2, -0.15) is 13.2 Å². The number of nitrogens with one attached hydrogen (secondary N) is 1. The number of hydrogen-bond acceptors (Lipinski definition) is 2. The average Bonchev–Trinajstić information content (AvgIpc) is 1.92. The molecule has 0 heterocycles. The van der Waals surface area contributed by atoms with E-state index in [0.717, 1.165) is 0 Å². The lowest BCUT2D eigenvalue weighted by Gasteiger charge is -2.35. The first-order valence-corrected chi connectivity index (χ1v) is 6.16. The van der Waals surface area contributed by atoms with Crippen LogP contribution in [0.15, 0.2) is 0 Å². The summed E-state index contributed by atoms with van der Waals surface area (Å²) < 4.78 is 51.4. The van der Waals surface area contributed by atoms with E-state index in [1.54, 1.807) is 20.8 Å². The van der Waals surface area contributed by atoms with Crippen molar-refractivity contribution in [3.8, 4) is 0 Å². The van der Waals surface area contributed by atoms with E-state index in [4.69, 9.17) is 0 Å². The number of halogens is 3. The molecule has 16 heavy (non-hydrogen) atoms. The summed E-state index contributed by atoms with van der Waals surface area (Å²) in [5.74, 6) is 0. The second kappa shape index (κ2) is 4.74. The third-order valence-electron chi connectivity index (χ3n) is 1.97. The van der Waals surface area contributed by atoms with E-state index in [1.807, 2.05) is 0 Å². The van der Waals surface area contributed by atoms with Crippen molar-refractivity contribution in [1.82, 2.24) is 4.72 Å². The number of rotatable bonds is 2. The molecule has 1 unspecified atom stereocenters. The first-order chi connectivity index (χ1) is 6.76. The third-order valence-corrected chi connectivity index (χ3v) is 3.54. The standard InChI is InChI=1S/C10H20F3NOS/c1-8(2,3)7(10(11,12)13)14-16(15)9(4,5)6/h7,14H,1-6H3/t7-,16?/m1/s1. The summed E-state index contributed by atoms with van der Waals surface area (Å²) in [6.07, 6.45) is -4.40. The zero-order valence-electron chi connectivity index (χ0n) is 10.5. The van der Waals surface area contributed by atoms with Crippen LogP contribution in [0, 0.1) is 5.41 Å². The van der Waals surface area contributed by atoms with Crippen molar-refractivity contribution in [3.63, 3.8) is 0 Å². The van der Waals surface area contributed by atoms with Crippen LogP contribution in [0.4, 0.5) is 13.2 Å². The summed E-state index contributed by atoms with van der Waals surface area (Å²) in [7, 11) is 0. The maximum atomic E-state index is 12.8. The predicted octanol–water partition coefficient (Wildman–Crippen LogP) is 3.02. The Morgan fingerprint density at radius 2 is 1.38 bits per heavy atom. The summed E-state index contributed by atoms with van der Waals surface area (Å²) in [4.78, 5) is 0. The minimum Gasteiger partial charge on any atom is -0.598 e. The van der Waals surface area contributed by atoms with E-state index >= 15 is 0 Å². The SMILES string of the molecule is CC(C)(C)[C@@H](N[S+]([O-])C(C)(C)C)C(F)(F)F. The Labute approximate surface area is 98.3 Å². The quantitative estimate of drug-likeness (QED) is 0.774. The molecular formula is C10H20F3NOS. The predicted molar refractivity (Wildman–Crippen MR) is 60.3 cm³/mol. The van der Waals surface area contributed by atoms with Crippen molar-refractivity contribution in [2.75, 3.05) is 0 Å². The van der Waals surface area contributed by atoms with Gasteiger partial charge in [0.25, 0.3) is 0 Å². The topological polar surface area (TPSA) is 35.1 Å². The van der Waals surface area contributed by atoms with Crippen LogP contribution in [0.5, 0.6) is 0 Å². The minimum absolute atomic E-state index is 0.714. The molecule has 0 aromatic heterocycles. The lowest BCUT2D eigenvalue weighted by molar-refractivity contribution is -0.172. The Balaban J connectivity index is 4.85. The summed E-state index contributed by atoms with van der Waals surface area (Å²) >= 11 is -1.73. The van der Waals surface area contributed by atoms with Crippen molar-refractivity contribution in [1.29, 1.82) is 0 Å². The summed E-state index contributed by atoms with van der Waals surface area (Å²) in [5.41, 5.74) is -1.03. The highest BCUT2D eigenvalue weighted by Gasteiger charge is 2.50. The molecule has 0 radical (unpaired) electrons. The van der Waals surface area contributed by atoms with Gasteiger partial charge in [-0.25, -0.2) is 0 Å². The van der Waals surface area contributed by atoms with E-state index < -0.39 is 33.7 Å². The second-order valence-electron chi connectivity index (χ2n) is 5.84. The fourth-order valence-corrected chi connectivity index (χ4v) is 2.07. The van der Waals surface area contributed by atoms with Crippen LogP contribution < -0.4 is 4.72 Å². The van der Waals surface area contributed by atoms with Gasteiger partial charge in [0.05, 0.1) is 0 Å². The Hall–Kier alpha value is 0.0600. The Morgan fingerprint density at radius 3 is 1.56 bits per heavy atom. The van der Waals surface area contributed by atoms with Crippen LogP contribution in [-0.4, -0.2) is 21.5 Å². The zero-order chi connectivity index (χ0) is 13.4. The molecule has 0 saturated heterocycles. The molecule has 0 fully saturated rings. The van der Waals surface area contributed by atoms with Crippen LogP contribution in [0.3, 0.4) is 0 Å². The fraction of sp³-hybridized carbons (Fsp3) is 1.00. The van der Waals surface area contributed by atoms with Gasteiger partial charge in [0.15, 0.2) is 6.04 Å². The maximum Gasteiger partial charge on any atom is 0.408 e. The van der Waals surface area contributed by atoms with Gasteiger partial charge in [0.2, 0.25) is 0 Å². The van der Waals surface area contributed by atoms with Gasteiger partial charge < -0.3 is 4.55 Å². The maximum absolute atomic E-state index is 12.8. The monoisotopic (exact) mass is 259 g/mol. The second-order valence-corrected chi connectivity index (χ2v) is 7.84. The molecule has 0 aromatic carbocycles. The van der Waals surface area contributed by atoms with Gasteiger partial charge >= 0.3 is 6.18 Å². The minimum atomic E-state index is -4.40. The Kier molecular flexibility index (Phi) is 4.76. The van der Waals surface area contributed by atoms with E-state index in [1.165, 1.54) is 20.8 Å². The van der Waals surface area contributed by atoms with E-state index in [2.05, 4.69) is 4.72 Å². The van der Waals surface area contributed by atoms with Crippen molar-refractivity contribution in [3.05, 3.63) is 0 Å². The van der Waals surface area contributed by atoms with Gasteiger partial charge in [-0.05, 0) is 26.2 Å². The molecular weight excluding hydrogens is 239 g/mol. The van der Waals surface area contributed by atoms with Crippen LogP contribution in [0.1, 0.15) is 41.5 Å². The highest BCUT2D eigenvalue weighted by atomic mass is 32.2. The van der Waals surface area contributed by atoms with Crippen molar-refractivity contribution in [2.45, 2.75) is 58.5 Å². The molecule has 6 heteroatoms. The molecule has 0 aliphatic carbocycles. The van der Waals surface area contributed by atoms with E-state index in [9.17, 15) is 17.7 Å². The lowest BCUT2D eigenvalue weighted by atomic mass is 9.87. The molecule has 2 nitrogen and oxygen atoms in total. The van der Waals surface area contributed by atoms with Gasteiger partial charge in [-0.3, -0.25) is 0 Å². The third kappa shape index (κ3) is 4.93. The summed E-state index contributed by atoms with van der Waals surface area (Å²) in [6, 6.07) is -1.78. The molecule has 2 atom stereocenters. The van der Waals surface area contributed by atoms with E-state index in [-0.39, 0.29) is 0 Å². The Morgan fingerprint density at radius 1 is 1.00 bits per heavy atom. The molecule has 0 rings (SSSR count). The average molecular weight is 259 g/mol. The van der Waals surface area contributed by atoms with Gasteiger partial charge in [-0.15, -0.1) is 4.72 Å². The van der Waals surface area contributed by atoms with Crippen molar-refractivity contribution >= 4 is 11.4 Å². The van der Waals surface area contributed by atoms with Crippen molar-refractivity contribution < 1.29 is 17.7 Å². The summed E-state index contributed by atoms with van der Waals surface area (Å²) in [5, 5.41) is 0. The highest BCUT2D eigenvalue weighted by molar-refractivity contribution is 7.90. The largest absolute Gasteiger partial charge is 0.598 e. The molecule has 0 aliphatic rings. The fourth-order valence-electron chi connectivity index (χ4n) is 1.02. The highest BCUT2D eigenvalue weighted by Crippen LogP contribution is 2.34. The van der Waals surface area contributed by atoms with E-state index in [0.29, 0.717) is 0 Å². The zero-order valence-corrected chi connectivity index (χ0v) is 11.3. The normalized spacial score (nSPS) is 18.4. The number of alkyl halides is 3. The Bertz CT molecular complexity index is 216. The lowest BCUT2D eigenvalue weighted by Crippen LogP contribution is -2.56. The van der Waals surface area contributed by atoms with Gasteiger partial charge in [0, 0.05) is 11.4 Å². The molecule has 0 aromatic rings. The van der Waals surface area contributed by atoms with Gasteiger partial charge in [-0.1, -0.05) is 20.8 Å². The molecule has 0 aliphatic heterocycles. The first-order valence-electron chi connectivity index (χ1n) is 5.01.